The van der Waals surface area contributed by atoms with Crippen LogP contribution in [0.2, 0.25) is 5.02 Å². The van der Waals surface area contributed by atoms with Crippen LogP contribution in [0, 0.1) is 0 Å². The van der Waals surface area contributed by atoms with Crippen molar-refractivity contribution in [2.24, 2.45) is 5.73 Å². The van der Waals surface area contributed by atoms with E-state index < -0.39 is 0 Å². The van der Waals surface area contributed by atoms with Gasteiger partial charge in [0.15, 0.2) is 5.78 Å². The van der Waals surface area contributed by atoms with Gasteiger partial charge in [-0.05, 0) is 24.5 Å². The van der Waals surface area contributed by atoms with Crippen LogP contribution in [0.3, 0.4) is 0 Å². The summed E-state index contributed by atoms with van der Waals surface area (Å²) < 4.78 is 0. The number of ketones is 1. The summed E-state index contributed by atoms with van der Waals surface area (Å²) in [6.07, 6.45) is 1.39. The molecule has 2 N–H and O–H groups in total. The molecular formula is C17H14ClNO. The van der Waals surface area contributed by atoms with E-state index in [0.717, 1.165) is 22.6 Å². The molecule has 0 aliphatic heterocycles. The zero-order chi connectivity index (χ0) is 14.1. The molecule has 1 aliphatic rings. The average molecular weight is 284 g/mol. The van der Waals surface area contributed by atoms with E-state index >= 15 is 0 Å². The monoisotopic (exact) mass is 283 g/mol. The molecule has 0 saturated carbocycles. The molecular weight excluding hydrogens is 270 g/mol. The third-order valence-corrected chi connectivity index (χ3v) is 4.02. The number of halogens is 1. The van der Waals surface area contributed by atoms with Gasteiger partial charge in [0.25, 0.3) is 0 Å². The van der Waals surface area contributed by atoms with Crippen molar-refractivity contribution >= 4 is 23.1 Å². The van der Waals surface area contributed by atoms with E-state index in [2.05, 4.69) is 0 Å². The number of fused-ring (bicyclic) bond motifs is 1. The molecule has 0 spiro atoms. The van der Waals surface area contributed by atoms with Gasteiger partial charge in [-0.15, -0.1) is 0 Å². The van der Waals surface area contributed by atoms with Crippen molar-refractivity contribution in [1.82, 2.24) is 0 Å². The lowest BCUT2D eigenvalue weighted by molar-refractivity contribution is 0.103. The van der Waals surface area contributed by atoms with Crippen LogP contribution in [0.1, 0.15) is 27.9 Å². The summed E-state index contributed by atoms with van der Waals surface area (Å²) in [7, 11) is 0. The quantitative estimate of drug-likeness (QED) is 0.851. The highest BCUT2D eigenvalue weighted by atomic mass is 35.5. The highest BCUT2D eigenvalue weighted by Crippen LogP contribution is 2.33. The Kier molecular flexibility index (Phi) is 3.33. The second kappa shape index (κ2) is 5.14. The van der Waals surface area contributed by atoms with Crippen molar-refractivity contribution in [3.63, 3.8) is 0 Å². The first-order chi connectivity index (χ1) is 9.68. The summed E-state index contributed by atoms with van der Waals surface area (Å²) in [5.74, 6) is 0.00808. The van der Waals surface area contributed by atoms with Crippen LogP contribution in [0.15, 0.2) is 54.1 Å². The second-order valence-electron chi connectivity index (χ2n) is 4.85. The maximum atomic E-state index is 12.5. The molecule has 0 amide bonds. The first kappa shape index (κ1) is 12.9. The summed E-state index contributed by atoms with van der Waals surface area (Å²) in [6.45, 7) is 0. The summed E-state index contributed by atoms with van der Waals surface area (Å²) in [6, 6.07) is 14.9. The van der Waals surface area contributed by atoms with Crippen LogP contribution in [0.25, 0.3) is 5.70 Å². The van der Waals surface area contributed by atoms with Crippen LogP contribution in [-0.2, 0) is 6.42 Å². The molecule has 0 atom stereocenters. The van der Waals surface area contributed by atoms with Crippen molar-refractivity contribution in [2.45, 2.75) is 12.8 Å². The standard InChI is InChI=1S/C17H14ClNO/c18-15-8-4-7-13-12(15)9-10-14(16(13)19)17(20)11-5-2-1-3-6-11/h1-8H,9-10,19H2. The maximum Gasteiger partial charge on any atom is 0.191 e. The van der Waals surface area contributed by atoms with Gasteiger partial charge in [-0.1, -0.05) is 54.1 Å². The zero-order valence-electron chi connectivity index (χ0n) is 10.9. The van der Waals surface area contributed by atoms with Gasteiger partial charge in [-0.2, -0.15) is 0 Å². The molecule has 0 aromatic heterocycles. The average Bonchev–Trinajstić information content (AvgIpc) is 2.49. The third-order valence-electron chi connectivity index (χ3n) is 3.67. The molecule has 100 valence electrons. The van der Waals surface area contributed by atoms with Crippen molar-refractivity contribution < 1.29 is 4.79 Å². The number of allylic oxidation sites excluding steroid dienone is 1. The van der Waals surface area contributed by atoms with Gasteiger partial charge in [0.2, 0.25) is 0 Å². The lowest BCUT2D eigenvalue weighted by Gasteiger charge is -2.21. The van der Waals surface area contributed by atoms with Crippen molar-refractivity contribution in [3.05, 3.63) is 75.8 Å². The van der Waals surface area contributed by atoms with Crippen LogP contribution < -0.4 is 5.73 Å². The maximum absolute atomic E-state index is 12.5. The predicted octanol–water partition coefficient (Wildman–Crippen LogP) is 3.84. The van der Waals surface area contributed by atoms with Crippen LogP contribution >= 0.6 is 11.6 Å². The number of benzene rings is 2. The topological polar surface area (TPSA) is 43.1 Å². The van der Waals surface area contributed by atoms with E-state index in [0.29, 0.717) is 23.3 Å². The summed E-state index contributed by atoms with van der Waals surface area (Å²) in [5.41, 5.74) is 10.0. The van der Waals surface area contributed by atoms with Gasteiger partial charge in [-0.3, -0.25) is 4.79 Å². The fraction of sp³-hybridized carbons (Fsp3) is 0.118. The molecule has 3 heteroatoms. The van der Waals surface area contributed by atoms with Gasteiger partial charge in [0.1, 0.15) is 0 Å². The minimum Gasteiger partial charge on any atom is -0.398 e. The summed E-state index contributed by atoms with van der Waals surface area (Å²) in [4.78, 5) is 12.5. The Morgan fingerprint density at radius 2 is 1.75 bits per heavy atom. The lowest BCUT2D eigenvalue weighted by atomic mass is 9.86. The van der Waals surface area contributed by atoms with E-state index in [4.69, 9.17) is 17.3 Å². The van der Waals surface area contributed by atoms with Gasteiger partial charge in [0.05, 0.1) is 0 Å². The normalized spacial score (nSPS) is 14.1. The Morgan fingerprint density at radius 1 is 1.00 bits per heavy atom. The molecule has 0 heterocycles. The van der Waals surface area contributed by atoms with Gasteiger partial charge in [-0.25, -0.2) is 0 Å². The molecule has 0 fully saturated rings. The lowest BCUT2D eigenvalue weighted by Crippen LogP contribution is -2.17. The van der Waals surface area contributed by atoms with Crippen LogP contribution in [-0.4, -0.2) is 5.78 Å². The molecule has 2 aromatic carbocycles. The molecule has 2 nitrogen and oxygen atoms in total. The number of carbonyl (C=O) groups is 1. The smallest absolute Gasteiger partial charge is 0.191 e. The molecule has 3 rings (SSSR count). The number of Topliss-reactive ketones (excluding diaryl/α,β-unsaturated/α-hetero) is 1. The molecule has 0 unspecified atom stereocenters. The number of hydrogen-bond donors (Lipinski definition) is 1. The second-order valence-corrected chi connectivity index (χ2v) is 5.26. The van der Waals surface area contributed by atoms with Crippen molar-refractivity contribution in [2.75, 3.05) is 0 Å². The van der Waals surface area contributed by atoms with Gasteiger partial charge < -0.3 is 5.73 Å². The van der Waals surface area contributed by atoms with E-state index in [-0.39, 0.29) is 5.78 Å². The van der Waals surface area contributed by atoms with E-state index in [9.17, 15) is 4.79 Å². The first-order valence-corrected chi connectivity index (χ1v) is 6.92. The first-order valence-electron chi connectivity index (χ1n) is 6.54. The van der Waals surface area contributed by atoms with E-state index in [1.165, 1.54) is 0 Å². The van der Waals surface area contributed by atoms with E-state index in [1.54, 1.807) is 0 Å². The van der Waals surface area contributed by atoms with Gasteiger partial charge >= 0.3 is 0 Å². The fourth-order valence-corrected chi connectivity index (χ4v) is 2.88. The number of nitrogens with two attached hydrogens (primary N) is 1. The van der Waals surface area contributed by atoms with Crippen molar-refractivity contribution in [1.29, 1.82) is 0 Å². The molecule has 0 radical (unpaired) electrons. The Morgan fingerprint density at radius 3 is 2.50 bits per heavy atom. The minimum atomic E-state index is 0.00808. The highest BCUT2D eigenvalue weighted by Gasteiger charge is 2.23. The predicted molar refractivity (Wildman–Crippen MR) is 81.7 cm³/mol. The Hall–Kier alpha value is -2.06. The highest BCUT2D eigenvalue weighted by molar-refractivity contribution is 6.31. The zero-order valence-corrected chi connectivity index (χ0v) is 11.7. The summed E-state index contributed by atoms with van der Waals surface area (Å²) in [5, 5.41) is 0.719. The molecule has 20 heavy (non-hydrogen) atoms. The third kappa shape index (κ3) is 2.12. The van der Waals surface area contributed by atoms with Crippen LogP contribution in [0.4, 0.5) is 0 Å². The minimum absolute atomic E-state index is 0.00808. The number of rotatable bonds is 2. The number of hydrogen-bond acceptors (Lipinski definition) is 2. The molecule has 1 aliphatic carbocycles. The Labute approximate surface area is 122 Å². The SMILES string of the molecule is NC1=C(C(=O)c2ccccc2)CCc2c(Cl)cccc21. The van der Waals surface area contributed by atoms with Crippen molar-refractivity contribution in [3.8, 4) is 0 Å². The Balaban J connectivity index is 2.07. The number of carbonyl (C=O) groups excluding carboxylic acids is 1. The van der Waals surface area contributed by atoms with E-state index in [1.807, 2.05) is 48.5 Å². The fourth-order valence-electron chi connectivity index (χ4n) is 2.61. The van der Waals surface area contributed by atoms with Crippen LogP contribution in [0.5, 0.6) is 0 Å². The van der Waals surface area contributed by atoms with Gasteiger partial charge in [0, 0.05) is 27.4 Å². The molecule has 0 saturated heterocycles. The summed E-state index contributed by atoms with van der Waals surface area (Å²) >= 11 is 6.19. The molecule has 2 aromatic rings. The molecule has 0 bridgehead atoms. The largest absolute Gasteiger partial charge is 0.398 e. The Bertz CT molecular complexity index is 704.